The van der Waals surface area contributed by atoms with Gasteiger partial charge in [-0.15, -0.1) is 0 Å². The van der Waals surface area contributed by atoms with Gasteiger partial charge in [-0.05, 0) is 5.53 Å². The Labute approximate surface area is 76.2 Å². The first-order valence-corrected chi connectivity index (χ1v) is 4.03. The molecule has 0 aromatic rings. The Morgan fingerprint density at radius 3 is 3.00 bits per heavy atom. The quantitative estimate of drug-likeness (QED) is 0.270. The average molecular weight is 187 g/mol. The van der Waals surface area contributed by atoms with E-state index in [1.54, 1.807) is 7.85 Å². The summed E-state index contributed by atoms with van der Waals surface area (Å²) in [6.45, 7) is 0.244. The van der Waals surface area contributed by atoms with Crippen molar-refractivity contribution in [2.45, 2.75) is 24.3 Å². The number of hydrogen-bond donors (Lipinski definition) is 0. The van der Waals surface area contributed by atoms with Gasteiger partial charge in [0.1, 0.15) is 14.0 Å². The SMILES string of the molecule is B[C@@H]1O[C@H](COC)C(N=[N+]=[N-])[C@@H]1F. The predicted molar refractivity (Wildman–Crippen MR) is 46.9 cm³/mol. The zero-order valence-corrected chi connectivity index (χ0v) is 7.55. The highest BCUT2D eigenvalue weighted by Crippen LogP contribution is 2.25. The number of rotatable bonds is 3. The van der Waals surface area contributed by atoms with E-state index >= 15 is 0 Å². The summed E-state index contributed by atoms with van der Waals surface area (Å²) in [5.41, 5.74) is 8.21. The molecule has 0 amide bonds. The van der Waals surface area contributed by atoms with E-state index in [-0.39, 0.29) is 6.61 Å². The number of hydrogen-bond acceptors (Lipinski definition) is 3. The number of ether oxygens (including phenoxy) is 2. The first-order chi connectivity index (χ1) is 6.20. The van der Waals surface area contributed by atoms with Crippen molar-refractivity contribution in [2.24, 2.45) is 5.11 Å². The molecule has 1 unspecified atom stereocenters. The second kappa shape index (κ2) is 4.46. The van der Waals surface area contributed by atoms with Gasteiger partial charge in [-0.25, -0.2) is 4.39 Å². The zero-order chi connectivity index (χ0) is 9.84. The Hall–Kier alpha value is -0.775. The Balaban J connectivity index is 2.67. The molecule has 0 radical (unpaired) electrons. The van der Waals surface area contributed by atoms with E-state index in [9.17, 15) is 4.39 Å². The van der Waals surface area contributed by atoms with Crippen molar-refractivity contribution in [3.05, 3.63) is 10.4 Å². The van der Waals surface area contributed by atoms with Crippen LogP contribution in [0.15, 0.2) is 5.11 Å². The molecule has 0 aromatic heterocycles. The van der Waals surface area contributed by atoms with Crippen molar-refractivity contribution in [1.82, 2.24) is 0 Å². The summed E-state index contributed by atoms with van der Waals surface area (Å²) in [4.78, 5) is 2.58. The molecule has 1 aliphatic heterocycles. The molecule has 13 heavy (non-hydrogen) atoms. The monoisotopic (exact) mass is 187 g/mol. The van der Waals surface area contributed by atoms with Crippen LogP contribution in [0.1, 0.15) is 0 Å². The van der Waals surface area contributed by atoms with Crippen molar-refractivity contribution < 1.29 is 13.9 Å². The van der Waals surface area contributed by atoms with E-state index < -0.39 is 24.3 Å². The van der Waals surface area contributed by atoms with Crippen molar-refractivity contribution >= 4 is 7.85 Å². The molecule has 0 N–H and O–H groups in total. The average Bonchev–Trinajstić information content (AvgIpc) is 2.34. The molecule has 0 spiro atoms. The normalized spacial score (nSPS) is 38.6. The van der Waals surface area contributed by atoms with Gasteiger partial charge in [-0.1, -0.05) is 5.11 Å². The van der Waals surface area contributed by atoms with Crippen LogP contribution in [0.4, 0.5) is 4.39 Å². The molecule has 0 bridgehead atoms. The summed E-state index contributed by atoms with van der Waals surface area (Å²) in [6, 6.07) is -1.30. The molecule has 1 fully saturated rings. The van der Waals surface area contributed by atoms with Crippen molar-refractivity contribution in [3.8, 4) is 0 Å². The van der Waals surface area contributed by atoms with Gasteiger partial charge >= 0.3 is 0 Å². The summed E-state index contributed by atoms with van der Waals surface area (Å²) in [5.74, 6) is 0. The summed E-state index contributed by atoms with van der Waals surface area (Å²) < 4.78 is 23.3. The van der Waals surface area contributed by atoms with Gasteiger partial charge < -0.3 is 9.47 Å². The van der Waals surface area contributed by atoms with Crippen LogP contribution in [0, 0.1) is 0 Å². The minimum atomic E-state index is -1.24. The lowest BCUT2D eigenvalue weighted by atomic mass is 9.93. The summed E-state index contributed by atoms with van der Waals surface area (Å²) in [5, 5.41) is 3.36. The Kier molecular flexibility index (Phi) is 3.53. The lowest BCUT2D eigenvalue weighted by Gasteiger charge is -2.12. The highest BCUT2D eigenvalue weighted by atomic mass is 19.1. The second-order valence-electron chi connectivity index (χ2n) is 2.97. The van der Waals surface area contributed by atoms with Gasteiger partial charge in [0.15, 0.2) is 0 Å². The molecule has 5 nitrogen and oxygen atoms in total. The molecule has 0 aliphatic carbocycles. The Morgan fingerprint density at radius 1 is 1.77 bits per heavy atom. The van der Waals surface area contributed by atoms with Crippen LogP contribution in [-0.4, -0.2) is 45.9 Å². The van der Waals surface area contributed by atoms with Crippen molar-refractivity contribution in [3.63, 3.8) is 0 Å². The second-order valence-corrected chi connectivity index (χ2v) is 2.97. The van der Waals surface area contributed by atoms with Crippen LogP contribution in [0.2, 0.25) is 0 Å². The fourth-order valence-corrected chi connectivity index (χ4v) is 1.41. The van der Waals surface area contributed by atoms with Gasteiger partial charge in [-0.3, -0.25) is 0 Å². The van der Waals surface area contributed by atoms with Crippen LogP contribution >= 0.6 is 0 Å². The molecule has 0 saturated carbocycles. The molecule has 1 aliphatic rings. The van der Waals surface area contributed by atoms with E-state index in [1.807, 2.05) is 0 Å². The number of nitrogens with zero attached hydrogens (tertiary/aromatic N) is 3. The van der Waals surface area contributed by atoms with Crippen LogP contribution in [0.3, 0.4) is 0 Å². The van der Waals surface area contributed by atoms with E-state index in [2.05, 4.69) is 10.0 Å². The minimum absolute atomic E-state index is 0.244. The largest absolute Gasteiger partial charge is 0.382 e. The molecular formula is C6H11BFN3O2. The number of methoxy groups -OCH3 is 1. The van der Waals surface area contributed by atoms with Gasteiger partial charge in [0.25, 0.3) is 0 Å². The molecule has 4 atom stereocenters. The number of azide groups is 1. The number of halogens is 1. The Morgan fingerprint density at radius 2 is 2.46 bits per heavy atom. The van der Waals surface area contributed by atoms with Crippen LogP contribution in [0.25, 0.3) is 10.4 Å². The smallest absolute Gasteiger partial charge is 0.143 e. The van der Waals surface area contributed by atoms with E-state index in [0.717, 1.165) is 0 Å². The molecular weight excluding hydrogens is 176 g/mol. The third-order valence-corrected chi connectivity index (χ3v) is 2.06. The van der Waals surface area contributed by atoms with Crippen LogP contribution < -0.4 is 0 Å². The molecule has 7 heteroatoms. The van der Waals surface area contributed by atoms with E-state index in [4.69, 9.17) is 15.0 Å². The summed E-state index contributed by atoms with van der Waals surface area (Å²) in [6.07, 6.45) is -1.71. The highest BCUT2D eigenvalue weighted by molar-refractivity contribution is 6.11. The molecule has 72 valence electrons. The van der Waals surface area contributed by atoms with Gasteiger partial charge in [-0.2, -0.15) is 0 Å². The molecule has 1 heterocycles. The lowest BCUT2D eigenvalue weighted by molar-refractivity contribution is 0.0178. The van der Waals surface area contributed by atoms with Gasteiger partial charge in [0.05, 0.1) is 24.8 Å². The molecule has 0 aromatic carbocycles. The first kappa shape index (κ1) is 10.3. The molecule has 1 rings (SSSR count). The fourth-order valence-electron chi connectivity index (χ4n) is 1.41. The minimum Gasteiger partial charge on any atom is -0.382 e. The molecule has 1 saturated heterocycles. The number of alkyl halides is 1. The standard InChI is InChI=1S/C6H11BFN3O2/c1-12-2-3-5(10-11-9)4(8)6(7)13-3/h3-6H,2,7H2,1H3/t3-,4+,5?,6-/m1/s1. The topological polar surface area (TPSA) is 67.2 Å². The van der Waals surface area contributed by atoms with Crippen molar-refractivity contribution in [2.75, 3.05) is 13.7 Å². The predicted octanol–water partition coefficient (Wildman–Crippen LogP) is 0.00780. The first-order valence-electron chi connectivity index (χ1n) is 4.03. The maximum Gasteiger partial charge on any atom is 0.143 e. The highest BCUT2D eigenvalue weighted by Gasteiger charge is 2.41. The van der Waals surface area contributed by atoms with Crippen LogP contribution in [-0.2, 0) is 9.47 Å². The summed E-state index contributed by atoms with van der Waals surface area (Å²) in [7, 11) is 3.10. The van der Waals surface area contributed by atoms with E-state index in [0.29, 0.717) is 0 Å². The maximum atomic E-state index is 13.3. The van der Waals surface area contributed by atoms with Crippen molar-refractivity contribution in [1.29, 1.82) is 0 Å². The van der Waals surface area contributed by atoms with Gasteiger partial charge in [0, 0.05) is 12.0 Å². The van der Waals surface area contributed by atoms with Crippen LogP contribution in [0.5, 0.6) is 0 Å². The Bertz CT molecular complexity index is 224. The maximum absolute atomic E-state index is 13.3. The summed E-state index contributed by atoms with van der Waals surface area (Å²) >= 11 is 0. The zero-order valence-electron chi connectivity index (χ0n) is 7.55. The lowest BCUT2D eigenvalue weighted by Crippen LogP contribution is -2.29. The fraction of sp³-hybridized carbons (Fsp3) is 1.00. The van der Waals surface area contributed by atoms with E-state index in [1.165, 1.54) is 7.11 Å². The third kappa shape index (κ3) is 2.12. The third-order valence-electron chi connectivity index (χ3n) is 2.06. The van der Waals surface area contributed by atoms with Gasteiger partial charge in [0.2, 0.25) is 0 Å².